The van der Waals surface area contributed by atoms with E-state index in [1.54, 1.807) is 25.4 Å². The summed E-state index contributed by atoms with van der Waals surface area (Å²) in [5, 5.41) is 9.41. The molecule has 124 valence electrons. The molecule has 0 radical (unpaired) electrons. The highest BCUT2D eigenvalue weighted by atomic mass is 16.5. The number of H-pyrrole nitrogens is 1. The van der Waals surface area contributed by atoms with E-state index < -0.39 is 0 Å². The molecule has 2 heterocycles. The highest BCUT2D eigenvalue weighted by Gasteiger charge is 2.53. The number of nitrogens with zero attached hydrogens (tertiary/aromatic N) is 2. The van der Waals surface area contributed by atoms with Crippen LogP contribution in [0.4, 0.5) is 0 Å². The van der Waals surface area contributed by atoms with Crippen molar-refractivity contribution in [2.45, 2.75) is 45.3 Å². The molecule has 0 bridgehead atoms. The molecule has 7 nitrogen and oxygen atoms in total. The number of aromatic amines is 1. The number of fused-ring (bicyclic) bond motifs is 1. The van der Waals surface area contributed by atoms with E-state index in [-0.39, 0.29) is 29.2 Å². The van der Waals surface area contributed by atoms with E-state index in [9.17, 15) is 9.59 Å². The molecule has 1 fully saturated rings. The van der Waals surface area contributed by atoms with Crippen LogP contribution in [0.25, 0.3) is 5.65 Å². The summed E-state index contributed by atoms with van der Waals surface area (Å²) >= 11 is 0. The molecule has 3 rings (SSSR count). The largest absolute Gasteiger partial charge is 0.381 e. The van der Waals surface area contributed by atoms with E-state index in [0.29, 0.717) is 11.2 Å². The van der Waals surface area contributed by atoms with Crippen LogP contribution in [0.15, 0.2) is 23.1 Å². The van der Waals surface area contributed by atoms with Gasteiger partial charge in [-0.2, -0.15) is 5.10 Å². The molecule has 0 aromatic carbocycles. The zero-order valence-corrected chi connectivity index (χ0v) is 13.6. The Morgan fingerprint density at radius 3 is 2.91 bits per heavy atom. The average Bonchev–Trinajstić information content (AvgIpc) is 2.93. The first-order valence-electron chi connectivity index (χ1n) is 7.96. The van der Waals surface area contributed by atoms with Crippen LogP contribution in [0.5, 0.6) is 0 Å². The Morgan fingerprint density at radius 2 is 2.26 bits per heavy atom. The summed E-state index contributed by atoms with van der Waals surface area (Å²) in [4.78, 5) is 24.3. The SMILES string of the molecule is CCC1(CC)C(NC(=O)c2cccn3c(=O)[nH]nc23)CC1OC. The number of nitrogens with one attached hydrogen (secondary N) is 2. The van der Waals surface area contributed by atoms with Crippen LogP contribution in [-0.4, -0.2) is 39.8 Å². The van der Waals surface area contributed by atoms with Gasteiger partial charge in [0.25, 0.3) is 5.91 Å². The van der Waals surface area contributed by atoms with Crippen LogP contribution < -0.4 is 11.0 Å². The van der Waals surface area contributed by atoms with Gasteiger partial charge in [-0.15, -0.1) is 0 Å². The Kier molecular flexibility index (Phi) is 3.97. The molecule has 0 aliphatic heterocycles. The molecule has 1 aliphatic carbocycles. The van der Waals surface area contributed by atoms with Gasteiger partial charge >= 0.3 is 5.69 Å². The van der Waals surface area contributed by atoms with Crippen molar-refractivity contribution < 1.29 is 9.53 Å². The van der Waals surface area contributed by atoms with Crippen molar-refractivity contribution in [2.75, 3.05) is 7.11 Å². The second-order valence-corrected chi connectivity index (χ2v) is 6.07. The van der Waals surface area contributed by atoms with E-state index >= 15 is 0 Å². The highest BCUT2D eigenvalue weighted by molar-refractivity contribution is 5.99. The van der Waals surface area contributed by atoms with Gasteiger partial charge in [-0.1, -0.05) is 13.8 Å². The number of carbonyl (C=O) groups is 1. The molecule has 1 amide bonds. The molecule has 1 saturated carbocycles. The van der Waals surface area contributed by atoms with Crippen LogP contribution in [0.2, 0.25) is 0 Å². The van der Waals surface area contributed by atoms with Gasteiger partial charge in [0.05, 0.1) is 11.7 Å². The van der Waals surface area contributed by atoms with E-state index in [4.69, 9.17) is 4.74 Å². The summed E-state index contributed by atoms with van der Waals surface area (Å²) in [5.74, 6) is -0.208. The van der Waals surface area contributed by atoms with Crippen molar-refractivity contribution in [1.29, 1.82) is 0 Å². The molecular weight excluding hydrogens is 296 g/mol. The number of pyridine rings is 1. The Bertz CT molecular complexity index is 775. The summed E-state index contributed by atoms with van der Waals surface area (Å²) in [6.45, 7) is 4.25. The van der Waals surface area contributed by atoms with E-state index in [2.05, 4.69) is 29.4 Å². The van der Waals surface area contributed by atoms with Crippen LogP contribution in [0, 0.1) is 5.41 Å². The lowest BCUT2D eigenvalue weighted by atomic mass is 9.58. The second kappa shape index (κ2) is 5.81. The summed E-state index contributed by atoms with van der Waals surface area (Å²) in [6.07, 6.45) is 4.45. The van der Waals surface area contributed by atoms with Crippen molar-refractivity contribution in [3.05, 3.63) is 34.4 Å². The quantitative estimate of drug-likeness (QED) is 0.871. The monoisotopic (exact) mass is 318 g/mol. The molecule has 7 heteroatoms. The van der Waals surface area contributed by atoms with Crippen molar-refractivity contribution in [2.24, 2.45) is 5.41 Å². The van der Waals surface area contributed by atoms with Gasteiger partial charge in [0, 0.05) is 24.8 Å². The minimum Gasteiger partial charge on any atom is -0.381 e. The summed E-state index contributed by atoms with van der Waals surface area (Å²) in [6, 6.07) is 3.42. The van der Waals surface area contributed by atoms with Gasteiger partial charge in [0.15, 0.2) is 5.65 Å². The molecule has 2 aromatic heterocycles. The first-order chi connectivity index (χ1) is 11.1. The maximum absolute atomic E-state index is 12.7. The Labute approximate surface area is 134 Å². The topological polar surface area (TPSA) is 88.5 Å². The van der Waals surface area contributed by atoms with E-state index in [1.807, 2.05) is 0 Å². The summed E-state index contributed by atoms with van der Waals surface area (Å²) in [7, 11) is 1.72. The minimum absolute atomic E-state index is 0.0271. The zero-order chi connectivity index (χ0) is 16.6. The average molecular weight is 318 g/mol. The van der Waals surface area contributed by atoms with Gasteiger partial charge < -0.3 is 10.1 Å². The fourth-order valence-electron chi connectivity index (χ4n) is 3.83. The van der Waals surface area contributed by atoms with Crippen molar-refractivity contribution in [1.82, 2.24) is 19.9 Å². The molecule has 0 spiro atoms. The zero-order valence-electron chi connectivity index (χ0n) is 13.6. The first-order valence-corrected chi connectivity index (χ1v) is 7.96. The van der Waals surface area contributed by atoms with Crippen molar-refractivity contribution >= 4 is 11.6 Å². The Balaban J connectivity index is 1.86. The highest BCUT2D eigenvalue weighted by Crippen LogP contribution is 2.48. The van der Waals surface area contributed by atoms with Crippen LogP contribution in [-0.2, 0) is 4.74 Å². The lowest BCUT2D eigenvalue weighted by molar-refractivity contribution is -0.120. The molecular formula is C16H22N4O3. The standard InChI is InChI=1S/C16H22N4O3/c1-4-16(5-2)11(9-12(16)23-3)17-14(21)10-7-6-8-20-13(10)18-19-15(20)22/h6-8,11-12H,4-5,9H2,1-3H3,(H,17,21)(H,19,22). The Morgan fingerprint density at radius 1 is 1.52 bits per heavy atom. The smallest absolute Gasteiger partial charge is 0.347 e. The third-order valence-corrected chi connectivity index (χ3v) is 5.38. The number of methoxy groups -OCH3 is 1. The summed E-state index contributed by atoms with van der Waals surface area (Å²) < 4.78 is 6.89. The molecule has 2 aromatic rings. The lowest BCUT2D eigenvalue weighted by Gasteiger charge is -2.55. The van der Waals surface area contributed by atoms with Gasteiger partial charge in [-0.25, -0.2) is 14.3 Å². The number of rotatable bonds is 5. The molecule has 2 N–H and O–H groups in total. The predicted octanol–water partition coefficient (Wildman–Crippen LogP) is 1.35. The van der Waals surface area contributed by atoms with Crippen LogP contribution >= 0.6 is 0 Å². The third-order valence-electron chi connectivity index (χ3n) is 5.38. The summed E-state index contributed by atoms with van der Waals surface area (Å²) in [5.41, 5.74) is 0.360. The van der Waals surface area contributed by atoms with Gasteiger partial charge in [0.2, 0.25) is 0 Å². The molecule has 1 aliphatic rings. The minimum atomic E-state index is -0.353. The van der Waals surface area contributed by atoms with Gasteiger partial charge in [0.1, 0.15) is 0 Å². The molecule has 23 heavy (non-hydrogen) atoms. The fraction of sp³-hybridized carbons (Fsp3) is 0.562. The number of amides is 1. The molecule has 2 unspecified atom stereocenters. The number of carbonyl (C=O) groups excluding carboxylic acids is 1. The van der Waals surface area contributed by atoms with Crippen LogP contribution in [0.3, 0.4) is 0 Å². The maximum Gasteiger partial charge on any atom is 0.347 e. The second-order valence-electron chi connectivity index (χ2n) is 6.07. The number of aromatic nitrogens is 3. The fourth-order valence-corrected chi connectivity index (χ4v) is 3.83. The number of hydrogen-bond acceptors (Lipinski definition) is 4. The van der Waals surface area contributed by atoms with Gasteiger partial charge in [-0.05, 0) is 31.4 Å². The van der Waals surface area contributed by atoms with Crippen molar-refractivity contribution in [3.8, 4) is 0 Å². The number of ether oxygens (including phenoxy) is 1. The van der Waals surface area contributed by atoms with Crippen molar-refractivity contribution in [3.63, 3.8) is 0 Å². The van der Waals surface area contributed by atoms with Crippen LogP contribution in [0.1, 0.15) is 43.5 Å². The predicted molar refractivity (Wildman–Crippen MR) is 85.5 cm³/mol. The first kappa shape index (κ1) is 15.7. The normalized spacial score (nSPS) is 22.7. The maximum atomic E-state index is 12.7. The third kappa shape index (κ3) is 2.26. The molecule has 2 atom stereocenters. The Hall–Kier alpha value is -2.15. The van der Waals surface area contributed by atoms with E-state index in [1.165, 1.54) is 4.40 Å². The number of hydrogen-bond donors (Lipinski definition) is 2. The van der Waals surface area contributed by atoms with Gasteiger partial charge in [-0.3, -0.25) is 4.79 Å². The molecule has 0 saturated heterocycles. The van der Waals surface area contributed by atoms with E-state index in [0.717, 1.165) is 19.3 Å². The lowest BCUT2D eigenvalue weighted by Crippen LogP contribution is -2.64.